The van der Waals surface area contributed by atoms with Crippen LogP contribution >= 0.6 is 0 Å². The largest absolute Gasteiger partial charge is 0.491 e. The van der Waals surface area contributed by atoms with Gasteiger partial charge in [0.05, 0.1) is 19.4 Å². The molecule has 31 heavy (non-hydrogen) atoms. The third-order valence-corrected chi connectivity index (χ3v) is 5.03. The van der Waals surface area contributed by atoms with Crippen LogP contribution in [-0.2, 0) is 4.74 Å². The number of para-hydroxylation sites is 1. The van der Waals surface area contributed by atoms with Crippen LogP contribution in [0, 0.1) is 0 Å². The smallest absolute Gasteiger partial charge is 0.341 e. The molecule has 4 heteroatoms. The van der Waals surface area contributed by atoms with Crippen LogP contribution in [0.1, 0.15) is 83.5 Å². The molecule has 1 aromatic rings. The van der Waals surface area contributed by atoms with Gasteiger partial charge in [-0.05, 0) is 71.9 Å². The van der Waals surface area contributed by atoms with Crippen LogP contribution in [0.5, 0.6) is 5.75 Å². The predicted octanol–water partition coefficient (Wildman–Crippen LogP) is 7.48. The lowest BCUT2D eigenvalue weighted by molar-refractivity contribution is 0.0596. The zero-order valence-corrected chi connectivity index (χ0v) is 20.3. The number of esters is 1. The summed E-state index contributed by atoms with van der Waals surface area (Å²) in [6, 6.07) is 5.53. The molecule has 1 rings (SSSR count). The van der Waals surface area contributed by atoms with Gasteiger partial charge < -0.3 is 14.8 Å². The van der Waals surface area contributed by atoms with Gasteiger partial charge in [-0.25, -0.2) is 4.79 Å². The van der Waals surface area contributed by atoms with Crippen LogP contribution in [0.4, 0.5) is 5.69 Å². The quantitative estimate of drug-likeness (QED) is 0.190. The third kappa shape index (κ3) is 10.9. The number of allylic oxidation sites excluding steroid dienone is 5. The van der Waals surface area contributed by atoms with E-state index in [-0.39, 0.29) is 5.97 Å². The molecule has 1 aromatic carbocycles. The molecule has 0 saturated heterocycles. The fourth-order valence-electron chi connectivity index (χ4n) is 3.10. The Morgan fingerprint density at radius 2 is 1.68 bits per heavy atom. The number of ether oxygens (including phenoxy) is 2. The second-order valence-corrected chi connectivity index (χ2v) is 8.22. The molecule has 0 radical (unpaired) electrons. The Morgan fingerprint density at radius 1 is 1.00 bits per heavy atom. The van der Waals surface area contributed by atoms with Crippen molar-refractivity contribution in [3.8, 4) is 5.75 Å². The number of unbranched alkanes of at least 4 members (excludes halogenated alkanes) is 1. The molecule has 0 heterocycles. The summed E-state index contributed by atoms with van der Waals surface area (Å²) in [7, 11) is 1.39. The molecule has 0 bridgehead atoms. The first-order valence-corrected chi connectivity index (χ1v) is 11.4. The van der Waals surface area contributed by atoms with Gasteiger partial charge in [0, 0.05) is 6.54 Å². The molecule has 0 aromatic heterocycles. The normalized spacial score (nSPS) is 11.8. The Bertz CT molecular complexity index is 771. The van der Waals surface area contributed by atoms with Gasteiger partial charge in [-0.15, -0.1) is 0 Å². The number of nitrogens with one attached hydrogen (secondary N) is 1. The van der Waals surface area contributed by atoms with Crippen molar-refractivity contribution < 1.29 is 14.3 Å². The van der Waals surface area contributed by atoms with Gasteiger partial charge in [-0.2, -0.15) is 0 Å². The van der Waals surface area contributed by atoms with Crippen LogP contribution < -0.4 is 10.1 Å². The lowest BCUT2D eigenvalue weighted by Gasteiger charge is -2.15. The maximum absolute atomic E-state index is 12.1. The Morgan fingerprint density at radius 3 is 2.32 bits per heavy atom. The van der Waals surface area contributed by atoms with Crippen molar-refractivity contribution >= 4 is 11.7 Å². The Kier molecular flexibility index (Phi) is 13.1. The van der Waals surface area contributed by atoms with Crippen LogP contribution in [0.25, 0.3) is 0 Å². The minimum atomic E-state index is -0.381. The van der Waals surface area contributed by atoms with Crippen LogP contribution in [0.15, 0.2) is 53.1 Å². The molecular formula is C27H41NO3. The number of anilines is 1. The van der Waals surface area contributed by atoms with Crippen LogP contribution in [0.3, 0.4) is 0 Å². The number of methoxy groups -OCH3 is 1. The van der Waals surface area contributed by atoms with E-state index < -0.39 is 0 Å². The van der Waals surface area contributed by atoms with E-state index in [4.69, 9.17) is 9.47 Å². The molecule has 0 saturated carbocycles. The highest BCUT2D eigenvalue weighted by Crippen LogP contribution is 2.30. The first-order valence-electron chi connectivity index (χ1n) is 11.4. The Balaban J connectivity index is 2.65. The summed E-state index contributed by atoms with van der Waals surface area (Å²) in [6.45, 7) is 12.0. The lowest BCUT2D eigenvalue weighted by atomic mass is 10.1. The van der Waals surface area contributed by atoms with E-state index in [1.165, 1.54) is 23.8 Å². The lowest BCUT2D eigenvalue weighted by Crippen LogP contribution is -2.10. The zero-order valence-electron chi connectivity index (χ0n) is 20.3. The number of hydrogen-bond donors (Lipinski definition) is 1. The molecule has 0 fully saturated rings. The molecule has 0 aliphatic heterocycles. The molecule has 0 aliphatic rings. The molecule has 0 spiro atoms. The molecular weight excluding hydrogens is 386 g/mol. The van der Waals surface area contributed by atoms with E-state index in [1.54, 1.807) is 6.07 Å². The SMILES string of the molecule is CCCCOc1c(NCC=C(C)CCC=C(C)CCC=C(C)C)cccc1C(=O)OC. The first-order chi connectivity index (χ1) is 14.9. The second kappa shape index (κ2) is 15.3. The van der Waals surface area contributed by atoms with Crippen LogP contribution in [0.2, 0.25) is 0 Å². The number of carbonyl (C=O) groups is 1. The maximum Gasteiger partial charge on any atom is 0.341 e. The average molecular weight is 428 g/mol. The van der Waals surface area contributed by atoms with Crippen molar-refractivity contribution in [3.63, 3.8) is 0 Å². The van der Waals surface area contributed by atoms with Crippen molar-refractivity contribution in [3.05, 3.63) is 58.7 Å². The summed E-state index contributed by atoms with van der Waals surface area (Å²) in [5.41, 5.74) is 5.46. The van der Waals surface area contributed by atoms with E-state index in [2.05, 4.69) is 58.2 Å². The highest BCUT2D eigenvalue weighted by atomic mass is 16.5. The van der Waals surface area contributed by atoms with Crippen molar-refractivity contribution in [2.45, 2.75) is 73.1 Å². The van der Waals surface area contributed by atoms with E-state index in [9.17, 15) is 4.79 Å². The summed E-state index contributed by atoms with van der Waals surface area (Å²) < 4.78 is 10.8. The highest BCUT2D eigenvalue weighted by molar-refractivity contribution is 5.94. The molecule has 0 amide bonds. The summed E-state index contributed by atoms with van der Waals surface area (Å²) in [6.07, 6.45) is 13.2. The number of benzene rings is 1. The molecule has 1 N–H and O–H groups in total. The van der Waals surface area contributed by atoms with Gasteiger partial charge in [-0.3, -0.25) is 0 Å². The highest BCUT2D eigenvalue weighted by Gasteiger charge is 2.16. The maximum atomic E-state index is 12.1. The van der Waals surface area contributed by atoms with Gasteiger partial charge in [-0.1, -0.05) is 54.4 Å². The van der Waals surface area contributed by atoms with Crippen molar-refractivity contribution in [1.82, 2.24) is 0 Å². The molecule has 172 valence electrons. The van der Waals surface area contributed by atoms with Gasteiger partial charge in [0.15, 0.2) is 5.75 Å². The minimum Gasteiger partial charge on any atom is -0.491 e. The standard InChI is InChI=1S/C27H41NO3/c1-7-8-20-31-26-24(27(29)30-6)16-11-17-25(26)28-19-18-23(5)15-10-14-22(4)13-9-12-21(2)3/h11-12,14,16-18,28H,7-10,13,15,19-20H2,1-6H3. The zero-order chi connectivity index (χ0) is 23.1. The fraction of sp³-hybridized carbons (Fsp3) is 0.519. The topological polar surface area (TPSA) is 47.6 Å². The second-order valence-electron chi connectivity index (χ2n) is 8.22. The Labute approximate surface area is 189 Å². The summed E-state index contributed by atoms with van der Waals surface area (Å²) in [5, 5.41) is 3.40. The van der Waals surface area contributed by atoms with Crippen molar-refractivity contribution in [2.24, 2.45) is 0 Å². The van der Waals surface area contributed by atoms with E-state index in [0.29, 0.717) is 24.5 Å². The van der Waals surface area contributed by atoms with Crippen molar-refractivity contribution in [2.75, 3.05) is 25.6 Å². The summed E-state index contributed by atoms with van der Waals surface area (Å²) >= 11 is 0. The van der Waals surface area contributed by atoms with E-state index >= 15 is 0 Å². The third-order valence-electron chi connectivity index (χ3n) is 5.03. The minimum absolute atomic E-state index is 0.381. The van der Waals surface area contributed by atoms with Crippen molar-refractivity contribution in [1.29, 1.82) is 0 Å². The molecule has 0 atom stereocenters. The van der Waals surface area contributed by atoms with Gasteiger partial charge in [0.2, 0.25) is 0 Å². The van der Waals surface area contributed by atoms with E-state index in [1.807, 2.05) is 12.1 Å². The predicted molar refractivity (Wildman–Crippen MR) is 132 cm³/mol. The van der Waals surface area contributed by atoms with E-state index in [0.717, 1.165) is 44.2 Å². The molecule has 4 nitrogen and oxygen atoms in total. The van der Waals surface area contributed by atoms with Gasteiger partial charge in [0.1, 0.15) is 5.56 Å². The monoisotopic (exact) mass is 427 g/mol. The van der Waals surface area contributed by atoms with Gasteiger partial charge in [0.25, 0.3) is 0 Å². The Hall–Kier alpha value is -2.49. The molecule has 0 unspecified atom stereocenters. The summed E-state index contributed by atoms with van der Waals surface area (Å²) in [4.78, 5) is 12.1. The van der Waals surface area contributed by atoms with Gasteiger partial charge >= 0.3 is 5.97 Å². The fourth-order valence-corrected chi connectivity index (χ4v) is 3.10. The molecule has 0 aliphatic carbocycles. The van der Waals surface area contributed by atoms with Crippen LogP contribution in [-0.4, -0.2) is 26.2 Å². The first kappa shape index (κ1) is 26.5. The number of rotatable bonds is 14. The number of carbonyl (C=O) groups excluding carboxylic acids is 1. The average Bonchev–Trinajstić information content (AvgIpc) is 2.73. The summed E-state index contributed by atoms with van der Waals surface area (Å²) in [5.74, 6) is 0.192. The number of hydrogen-bond acceptors (Lipinski definition) is 4.